The minimum absolute atomic E-state index is 0. The van der Waals surface area contributed by atoms with Crippen molar-refractivity contribution in [3.8, 4) is 0 Å². The molecule has 0 unspecified atom stereocenters. The Morgan fingerprint density at radius 2 is 1.42 bits per heavy atom. The molecule has 1 rings (SSSR count). The second kappa shape index (κ2) is 4.34. The second-order valence-electron chi connectivity index (χ2n) is 3.09. The van der Waals surface area contributed by atoms with Crippen LogP contribution in [0.3, 0.4) is 0 Å². The first-order valence-corrected chi connectivity index (χ1v) is 3.78. The van der Waals surface area contributed by atoms with Gasteiger partial charge in [0.2, 0.25) is 0 Å². The number of hydrogen-bond donors (Lipinski definition) is 0. The minimum Gasteiger partial charge on any atom is -0.296 e. The van der Waals surface area contributed by atoms with Crippen molar-refractivity contribution in [1.82, 2.24) is 0 Å². The van der Waals surface area contributed by atoms with Gasteiger partial charge in [0.05, 0.1) is 0 Å². The smallest absolute Gasteiger partial charge is 0 e. The summed E-state index contributed by atoms with van der Waals surface area (Å²) in [5.74, 6) is 0. The molecule has 0 amide bonds. The first-order valence-electron chi connectivity index (χ1n) is 3.78. The Balaban J connectivity index is 0.00000121. The van der Waals surface area contributed by atoms with Gasteiger partial charge in [-0.05, 0) is 0 Å². The average molecular weight is 235 g/mol. The van der Waals surface area contributed by atoms with E-state index in [1.165, 1.54) is 16.7 Å². The van der Waals surface area contributed by atoms with Gasteiger partial charge in [-0.2, -0.15) is 0 Å². The Morgan fingerprint density at radius 3 is 1.92 bits per heavy atom. The van der Waals surface area contributed by atoms with E-state index in [1.807, 2.05) is 0 Å². The Bertz CT molecular complexity index is 261. The van der Waals surface area contributed by atoms with E-state index >= 15 is 0 Å². The normalized spacial score (nSPS) is 9.25. The molecule has 0 bridgehead atoms. The SMILES string of the molecule is [CH2-]c1c(C)cc(C)c(C)c1[CH2-].[Y]. The van der Waals surface area contributed by atoms with E-state index in [4.69, 9.17) is 0 Å². The molecule has 0 aliphatic rings. The predicted octanol–water partition coefficient (Wildman–Crippen LogP) is 2.97. The second-order valence-corrected chi connectivity index (χ2v) is 3.09. The van der Waals surface area contributed by atoms with Crippen molar-refractivity contribution in [2.75, 3.05) is 0 Å². The fourth-order valence-electron chi connectivity index (χ4n) is 1.22. The third-order valence-corrected chi connectivity index (χ3v) is 2.32. The van der Waals surface area contributed by atoms with Gasteiger partial charge in [-0.1, -0.05) is 20.8 Å². The molecule has 0 atom stereocenters. The molecule has 12 heavy (non-hydrogen) atoms. The summed E-state index contributed by atoms with van der Waals surface area (Å²) in [6.07, 6.45) is 0. The minimum atomic E-state index is 0. The Hall–Kier alpha value is 0.0639. The van der Waals surface area contributed by atoms with Crippen molar-refractivity contribution in [2.45, 2.75) is 20.8 Å². The first kappa shape index (κ1) is 12.1. The number of benzene rings is 1. The van der Waals surface area contributed by atoms with Gasteiger partial charge in [0, 0.05) is 32.7 Å². The van der Waals surface area contributed by atoms with Gasteiger partial charge in [-0.3, -0.25) is 25.0 Å². The summed E-state index contributed by atoms with van der Waals surface area (Å²) in [6.45, 7) is 14.2. The zero-order valence-electron chi connectivity index (χ0n) is 8.07. The summed E-state index contributed by atoms with van der Waals surface area (Å²) < 4.78 is 0. The van der Waals surface area contributed by atoms with E-state index in [2.05, 4.69) is 40.7 Å². The summed E-state index contributed by atoms with van der Waals surface area (Å²) >= 11 is 0. The van der Waals surface area contributed by atoms with Crippen LogP contribution in [0.15, 0.2) is 6.07 Å². The van der Waals surface area contributed by atoms with Crippen LogP contribution in [0.2, 0.25) is 0 Å². The molecule has 1 radical (unpaired) electrons. The predicted molar refractivity (Wildman–Crippen MR) is 49.6 cm³/mol. The fraction of sp³-hybridized carbons (Fsp3) is 0.273. The topological polar surface area (TPSA) is 0 Å². The molecule has 0 saturated heterocycles. The summed E-state index contributed by atoms with van der Waals surface area (Å²) in [7, 11) is 0. The fourth-order valence-corrected chi connectivity index (χ4v) is 1.22. The molecule has 0 heterocycles. The Labute approximate surface area is 101 Å². The van der Waals surface area contributed by atoms with Crippen molar-refractivity contribution >= 4 is 0 Å². The molecule has 0 fully saturated rings. The Morgan fingerprint density at radius 1 is 0.917 bits per heavy atom. The van der Waals surface area contributed by atoms with E-state index in [0.29, 0.717) is 0 Å². The number of rotatable bonds is 0. The molecular formula is C11H14Y-2. The van der Waals surface area contributed by atoms with Crippen LogP contribution in [0.4, 0.5) is 0 Å². The molecule has 63 valence electrons. The standard InChI is InChI=1S/C11H14.Y/c1-7-6-8(2)10(4)11(5)9(7)3;/h6H,3,5H2,1-2,4H3;/q-2;. The van der Waals surface area contributed by atoms with Gasteiger partial charge >= 0.3 is 0 Å². The van der Waals surface area contributed by atoms with Crippen molar-refractivity contribution < 1.29 is 32.7 Å². The summed E-state index contributed by atoms with van der Waals surface area (Å²) in [5.41, 5.74) is 5.97. The monoisotopic (exact) mass is 235 g/mol. The van der Waals surface area contributed by atoms with Gasteiger partial charge in [-0.25, -0.2) is 11.1 Å². The molecular weight excluding hydrogens is 221 g/mol. The quantitative estimate of drug-likeness (QED) is 0.606. The van der Waals surface area contributed by atoms with Gasteiger partial charge < -0.3 is 0 Å². The van der Waals surface area contributed by atoms with Crippen LogP contribution in [0.5, 0.6) is 0 Å². The van der Waals surface area contributed by atoms with Crippen LogP contribution in [0.1, 0.15) is 27.8 Å². The van der Waals surface area contributed by atoms with Crippen LogP contribution < -0.4 is 0 Å². The molecule has 0 aliphatic heterocycles. The number of aryl methyl sites for hydroxylation is 2. The first-order chi connectivity index (χ1) is 5.04. The van der Waals surface area contributed by atoms with Crippen LogP contribution in [-0.4, -0.2) is 0 Å². The molecule has 1 aromatic rings. The van der Waals surface area contributed by atoms with Crippen LogP contribution in [0, 0.1) is 34.6 Å². The average Bonchev–Trinajstić information content (AvgIpc) is 1.97. The molecule has 1 aromatic carbocycles. The zero-order chi connectivity index (χ0) is 8.59. The third-order valence-electron chi connectivity index (χ3n) is 2.32. The molecule has 0 aliphatic carbocycles. The zero-order valence-corrected chi connectivity index (χ0v) is 10.9. The maximum Gasteiger partial charge on any atom is 0 e. The maximum absolute atomic E-state index is 3.98. The van der Waals surface area contributed by atoms with E-state index in [0.717, 1.165) is 11.1 Å². The summed E-state index contributed by atoms with van der Waals surface area (Å²) in [6, 6.07) is 2.16. The molecule has 0 saturated carbocycles. The summed E-state index contributed by atoms with van der Waals surface area (Å²) in [5, 5.41) is 0. The molecule has 0 aromatic heterocycles. The van der Waals surface area contributed by atoms with Crippen LogP contribution in [-0.2, 0) is 32.7 Å². The maximum atomic E-state index is 3.98. The van der Waals surface area contributed by atoms with Crippen molar-refractivity contribution in [1.29, 1.82) is 0 Å². The largest absolute Gasteiger partial charge is 0.296 e. The van der Waals surface area contributed by atoms with Crippen LogP contribution in [0.25, 0.3) is 0 Å². The van der Waals surface area contributed by atoms with Crippen molar-refractivity contribution in [2.24, 2.45) is 0 Å². The van der Waals surface area contributed by atoms with E-state index < -0.39 is 0 Å². The third kappa shape index (κ3) is 2.05. The van der Waals surface area contributed by atoms with Gasteiger partial charge in [0.25, 0.3) is 0 Å². The van der Waals surface area contributed by atoms with Gasteiger partial charge in [0.1, 0.15) is 0 Å². The van der Waals surface area contributed by atoms with Gasteiger partial charge in [-0.15, -0.1) is 11.6 Å². The summed E-state index contributed by atoms with van der Waals surface area (Å²) in [4.78, 5) is 0. The number of hydrogen-bond acceptors (Lipinski definition) is 0. The van der Waals surface area contributed by atoms with Gasteiger partial charge in [0.15, 0.2) is 0 Å². The Kier molecular flexibility index (Phi) is 4.37. The van der Waals surface area contributed by atoms with Crippen molar-refractivity contribution in [3.05, 3.63) is 47.7 Å². The van der Waals surface area contributed by atoms with E-state index in [-0.39, 0.29) is 32.7 Å². The molecule has 0 nitrogen and oxygen atoms in total. The molecule has 0 spiro atoms. The van der Waals surface area contributed by atoms with Crippen molar-refractivity contribution in [3.63, 3.8) is 0 Å². The molecule has 0 N–H and O–H groups in total. The van der Waals surface area contributed by atoms with E-state index in [1.54, 1.807) is 0 Å². The molecule has 1 heteroatoms. The van der Waals surface area contributed by atoms with Crippen LogP contribution >= 0.6 is 0 Å². The van der Waals surface area contributed by atoms with E-state index in [9.17, 15) is 0 Å².